The van der Waals surface area contributed by atoms with Crippen LogP contribution in [0.15, 0.2) is 48.5 Å². The highest BCUT2D eigenvalue weighted by atomic mass is 16.5. The van der Waals surface area contributed by atoms with E-state index in [1.807, 2.05) is 54.3 Å². The zero-order valence-corrected chi connectivity index (χ0v) is 17.9. The molecule has 1 saturated heterocycles. The summed E-state index contributed by atoms with van der Waals surface area (Å²) in [6.45, 7) is 5.23. The molecular formula is C24H29N3O3. The number of fused-ring (bicyclic) bond motifs is 3. The van der Waals surface area contributed by atoms with E-state index in [0.717, 1.165) is 29.8 Å². The summed E-state index contributed by atoms with van der Waals surface area (Å²) >= 11 is 0. The average Bonchev–Trinajstić information content (AvgIpc) is 2.76. The van der Waals surface area contributed by atoms with Crippen molar-refractivity contribution in [1.29, 1.82) is 0 Å². The molecule has 0 aromatic heterocycles. The standard InChI is InChI=1S/C24H29N3O3/c1-4-8-21-22(28)27-14-13-17-15-19(30-3)11-12-20(17)24(27,2)16-26(21)23(29)25-18-9-6-5-7-10-18/h5-7,9-12,15,21H,4,8,13-14,16H2,1-3H3,(H,25,29). The first-order valence-electron chi connectivity index (χ1n) is 10.6. The minimum absolute atomic E-state index is 0.0373. The van der Waals surface area contributed by atoms with Crippen molar-refractivity contribution < 1.29 is 14.3 Å². The van der Waals surface area contributed by atoms with Gasteiger partial charge in [0.15, 0.2) is 0 Å². The molecule has 1 fully saturated rings. The van der Waals surface area contributed by atoms with Gasteiger partial charge in [-0.3, -0.25) is 4.79 Å². The number of nitrogens with zero attached hydrogens (tertiary/aromatic N) is 2. The van der Waals surface area contributed by atoms with E-state index in [4.69, 9.17) is 4.74 Å². The molecule has 0 spiro atoms. The molecule has 6 heteroatoms. The Bertz CT molecular complexity index is 946. The fraction of sp³-hybridized carbons (Fsp3) is 0.417. The van der Waals surface area contributed by atoms with E-state index in [2.05, 4.69) is 18.3 Å². The van der Waals surface area contributed by atoms with Gasteiger partial charge in [0.1, 0.15) is 11.8 Å². The second-order valence-corrected chi connectivity index (χ2v) is 8.27. The number of anilines is 1. The lowest BCUT2D eigenvalue weighted by Gasteiger charge is -2.54. The number of rotatable bonds is 4. The first kappa shape index (κ1) is 20.3. The quantitative estimate of drug-likeness (QED) is 0.833. The van der Waals surface area contributed by atoms with Crippen molar-refractivity contribution in [2.45, 2.75) is 44.7 Å². The molecule has 0 bridgehead atoms. The summed E-state index contributed by atoms with van der Waals surface area (Å²) in [5, 5.41) is 2.97. The fourth-order valence-electron chi connectivity index (χ4n) is 4.82. The average molecular weight is 408 g/mol. The molecule has 0 aliphatic carbocycles. The Balaban J connectivity index is 1.70. The van der Waals surface area contributed by atoms with E-state index in [-0.39, 0.29) is 11.9 Å². The molecule has 6 nitrogen and oxygen atoms in total. The lowest BCUT2D eigenvalue weighted by atomic mass is 9.78. The van der Waals surface area contributed by atoms with Crippen molar-refractivity contribution in [1.82, 2.24) is 9.80 Å². The van der Waals surface area contributed by atoms with Gasteiger partial charge in [-0.2, -0.15) is 0 Å². The number of amides is 3. The smallest absolute Gasteiger partial charge is 0.322 e. The van der Waals surface area contributed by atoms with Crippen LogP contribution in [0, 0.1) is 0 Å². The molecule has 4 rings (SSSR count). The second kappa shape index (κ2) is 8.01. The van der Waals surface area contributed by atoms with Crippen molar-refractivity contribution in [2.24, 2.45) is 0 Å². The Morgan fingerprint density at radius 3 is 2.70 bits per heavy atom. The topological polar surface area (TPSA) is 61.9 Å². The number of carbonyl (C=O) groups is 2. The molecule has 2 aromatic carbocycles. The van der Waals surface area contributed by atoms with Crippen LogP contribution < -0.4 is 10.1 Å². The van der Waals surface area contributed by atoms with Crippen LogP contribution >= 0.6 is 0 Å². The van der Waals surface area contributed by atoms with Crippen LogP contribution in [0.5, 0.6) is 5.75 Å². The molecule has 2 aliphatic heterocycles. The van der Waals surface area contributed by atoms with E-state index < -0.39 is 11.6 Å². The predicted octanol–water partition coefficient (Wildman–Crippen LogP) is 4.01. The van der Waals surface area contributed by atoms with Gasteiger partial charge >= 0.3 is 6.03 Å². The number of methoxy groups -OCH3 is 1. The summed E-state index contributed by atoms with van der Waals surface area (Å²) < 4.78 is 5.39. The Kier molecular flexibility index (Phi) is 5.41. The summed E-state index contributed by atoms with van der Waals surface area (Å²) in [4.78, 5) is 30.5. The molecule has 3 amide bonds. The van der Waals surface area contributed by atoms with Crippen LogP contribution in [-0.2, 0) is 16.8 Å². The number of urea groups is 1. The Morgan fingerprint density at radius 1 is 1.23 bits per heavy atom. The zero-order chi connectivity index (χ0) is 21.3. The Morgan fingerprint density at radius 2 is 2.00 bits per heavy atom. The van der Waals surface area contributed by atoms with Crippen molar-refractivity contribution in [3.63, 3.8) is 0 Å². The third kappa shape index (κ3) is 3.40. The lowest BCUT2D eigenvalue weighted by Crippen LogP contribution is -2.68. The van der Waals surface area contributed by atoms with Gasteiger partial charge in [0.25, 0.3) is 0 Å². The summed E-state index contributed by atoms with van der Waals surface area (Å²) in [6.07, 6.45) is 2.29. The first-order chi connectivity index (χ1) is 14.5. The Labute approximate surface area is 177 Å². The minimum Gasteiger partial charge on any atom is -0.497 e. The third-order valence-corrected chi connectivity index (χ3v) is 6.35. The number of hydrogen-bond donors (Lipinski definition) is 1. The maximum Gasteiger partial charge on any atom is 0.322 e. The highest BCUT2D eigenvalue weighted by molar-refractivity contribution is 5.95. The van der Waals surface area contributed by atoms with Gasteiger partial charge in [-0.05, 0) is 55.2 Å². The van der Waals surface area contributed by atoms with E-state index >= 15 is 0 Å². The largest absolute Gasteiger partial charge is 0.497 e. The van der Waals surface area contributed by atoms with E-state index in [1.165, 1.54) is 5.56 Å². The first-order valence-corrected chi connectivity index (χ1v) is 10.6. The van der Waals surface area contributed by atoms with Crippen LogP contribution in [0.4, 0.5) is 10.5 Å². The van der Waals surface area contributed by atoms with Crippen LogP contribution in [0.1, 0.15) is 37.8 Å². The molecule has 2 atom stereocenters. The van der Waals surface area contributed by atoms with Crippen LogP contribution in [0.25, 0.3) is 0 Å². The molecular weight excluding hydrogens is 378 g/mol. The molecule has 1 N–H and O–H groups in total. The van der Waals surface area contributed by atoms with Gasteiger partial charge in [-0.1, -0.05) is 37.6 Å². The number of benzene rings is 2. The monoisotopic (exact) mass is 407 g/mol. The van der Waals surface area contributed by atoms with E-state index in [9.17, 15) is 9.59 Å². The summed E-state index contributed by atoms with van der Waals surface area (Å²) in [5.41, 5.74) is 2.44. The van der Waals surface area contributed by atoms with Gasteiger partial charge in [0.05, 0.1) is 19.2 Å². The molecule has 2 unspecified atom stereocenters. The molecule has 2 heterocycles. The SMILES string of the molecule is CCCC1C(=O)N2CCc3cc(OC)ccc3C2(C)CN1C(=O)Nc1ccccc1. The fourth-order valence-corrected chi connectivity index (χ4v) is 4.82. The van der Waals surface area contributed by atoms with Crippen LogP contribution in [0.2, 0.25) is 0 Å². The molecule has 0 radical (unpaired) electrons. The third-order valence-electron chi connectivity index (χ3n) is 6.35. The number of ether oxygens (including phenoxy) is 1. The number of carbonyl (C=O) groups excluding carboxylic acids is 2. The highest BCUT2D eigenvalue weighted by Gasteiger charge is 2.51. The highest BCUT2D eigenvalue weighted by Crippen LogP contribution is 2.41. The molecule has 30 heavy (non-hydrogen) atoms. The molecule has 2 aliphatic rings. The van der Waals surface area contributed by atoms with Crippen molar-refractivity contribution in [3.8, 4) is 5.75 Å². The van der Waals surface area contributed by atoms with Gasteiger partial charge in [-0.25, -0.2) is 4.79 Å². The minimum atomic E-state index is -0.560. The van der Waals surface area contributed by atoms with Gasteiger partial charge in [0, 0.05) is 12.2 Å². The molecule has 2 aromatic rings. The predicted molar refractivity (Wildman–Crippen MR) is 117 cm³/mol. The van der Waals surface area contributed by atoms with Crippen LogP contribution in [0.3, 0.4) is 0 Å². The molecule has 0 saturated carbocycles. The van der Waals surface area contributed by atoms with Crippen molar-refractivity contribution in [3.05, 3.63) is 59.7 Å². The van der Waals surface area contributed by atoms with Crippen LogP contribution in [-0.4, -0.2) is 48.0 Å². The Hall–Kier alpha value is -3.02. The second-order valence-electron chi connectivity index (χ2n) is 8.27. The zero-order valence-electron chi connectivity index (χ0n) is 17.9. The lowest BCUT2D eigenvalue weighted by molar-refractivity contribution is -0.152. The summed E-state index contributed by atoms with van der Waals surface area (Å²) in [7, 11) is 1.66. The number of piperazine rings is 1. The van der Waals surface area contributed by atoms with Gasteiger partial charge in [0.2, 0.25) is 5.91 Å². The number of para-hydroxylation sites is 1. The number of nitrogens with one attached hydrogen (secondary N) is 1. The normalized spacial score (nSPS) is 22.9. The summed E-state index contributed by atoms with van der Waals surface area (Å²) in [6, 6.07) is 14.7. The van der Waals surface area contributed by atoms with E-state index in [1.54, 1.807) is 12.0 Å². The summed E-state index contributed by atoms with van der Waals surface area (Å²) in [5.74, 6) is 0.853. The van der Waals surface area contributed by atoms with E-state index in [0.29, 0.717) is 19.5 Å². The van der Waals surface area contributed by atoms with Gasteiger partial charge in [-0.15, -0.1) is 0 Å². The maximum atomic E-state index is 13.5. The van der Waals surface area contributed by atoms with Crippen molar-refractivity contribution in [2.75, 3.05) is 25.5 Å². The number of hydrogen-bond acceptors (Lipinski definition) is 3. The van der Waals surface area contributed by atoms with Gasteiger partial charge < -0.3 is 19.9 Å². The van der Waals surface area contributed by atoms with Crippen molar-refractivity contribution >= 4 is 17.6 Å². The maximum absolute atomic E-state index is 13.5. The molecule has 158 valence electrons.